The predicted octanol–water partition coefficient (Wildman–Crippen LogP) is 2.62. The van der Waals surface area contributed by atoms with Gasteiger partial charge in [-0.15, -0.1) is 13.2 Å². The Kier molecular flexibility index (Phi) is 4.77. The molecule has 6 heteroatoms. The Morgan fingerprint density at radius 1 is 1.29 bits per heavy atom. The summed E-state index contributed by atoms with van der Waals surface area (Å²) in [6, 6.07) is 6.75. The first-order valence-electron chi connectivity index (χ1n) is 5.07. The van der Waals surface area contributed by atoms with Crippen LogP contribution in [0.15, 0.2) is 24.3 Å². The van der Waals surface area contributed by atoms with Crippen LogP contribution in [0.4, 0.5) is 13.2 Å². The molecule has 0 saturated heterocycles. The van der Waals surface area contributed by atoms with Crippen molar-refractivity contribution in [3.8, 4) is 5.75 Å². The van der Waals surface area contributed by atoms with Crippen molar-refractivity contribution in [2.75, 3.05) is 13.2 Å². The molecule has 0 aromatic heterocycles. The maximum atomic E-state index is 11.7. The van der Waals surface area contributed by atoms with Gasteiger partial charge >= 0.3 is 6.36 Å². The summed E-state index contributed by atoms with van der Waals surface area (Å²) in [7, 11) is 0. The molecule has 3 nitrogen and oxygen atoms in total. The van der Waals surface area contributed by atoms with Crippen molar-refractivity contribution in [2.24, 2.45) is 5.73 Å². The van der Waals surface area contributed by atoms with Crippen molar-refractivity contribution in [1.29, 1.82) is 0 Å². The normalized spacial score (nSPS) is 13.5. The van der Waals surface area contributed by atoms with Crippen LogP contribution >= 0.6 is 0 Å². The van der Waals surface area contributed by atoms with Gasteiger partial charge < -0.3 is 10.5 Å². The number of halogens is 3. The van der Waals surface area contributed by atoms with E-state index in [1.54, 1.807) is 18.2 Å². The first-order valence-corrected chi connectivity index (χ1v) is 5.07. The van der Waals surface area contributed by atoms with E-state index in [2.05, 4.69) is 4.74 Å². The van der Waals surface area contributed by atoms with Crippen LogP contribution in [0.2, 0.25) is 0 Å². The summed E-state index contributed by atoms with van der Waals surface area (Å²) in [4.78, 5) is 0. The molecule has 0 unspecified atom stereocenters. The Morgan fingerprint density at radius 3 is 2.59 bits per heavy atom. The maximum Gasteiger partial charge on any atom is 0.522 e. The van der Waals surface area contributed by atoms with E-state index < -0.39 is 13.0 Å². The zero-order valence-electron chi connectivity index (χ0n) is 9.33. The number of hydrogen-bond donors (Lipinski definition) is 1. The van der Waals surface area contributed by atoms with E-state index in [0.717, 1.165) is 5.56 Å². The van der Waals surface area contributed by atoms with Crippen LogP contribution < -0.4 is 10.5 Å². The van der Waals surface area contributed by atoms with Crippen molar-refractivity contribution in [3.63, 3.8) is 0 Å². The molecule has 0 saturated carbocycles. The van der Waals surface area contributed by atoms with Gasteiger partial charge in [-0.3, -0.25) is 4.74 Å². The van der Waals surface area contributed by atoms with E-state index in [1.807, 2.05) is 13.0 Å². The average molecular weight is 249 g/mol. The van der Waals surface area contributed by atoms with E-state index in [1.165, 1.54) is 0 Å². The molecule has 0 aliphatic heterocycles. The molecule has 0 aliphatic rings. The van der Waals surface area contributed by atoms with Crippen LogP contribution in [0.25, 0.3) is 0 Å². The molecule has 1 aromatic carbocycles. The SMILES string of the molecule is C[C@H](N)c1cccc(OCCOC(F)(F)F)c1. The third-order valence-electron chi connectivity index (χ3n) is 2.00. The minimum absolute atomic E-state index is 0.148. The Hall–Kier alpha value is -1.27. The number of ether oxygens (including phenoxy) is 2. The summed E-state index contributed by atoms with van der Waals surface area (Å²) < 4.78 is 43.7. The zero-order valence-corrected chi connectivity index (χ0v) is 9.33. The van der Waals surface area contributed by atoms with Gasteiger partial charge in [0.05, 0.1) is 6.61 Å². The Balaban J connectivity index is 2.39. The van der Waals surface area contributed by atoms with Crippen LogP contribution in [0.5, 0.6) is 5.75 Å². The smallest absolute Gasteiger partial charge is 0.491 e. The molecule has 1 atom stereocenters. The summed E-state index contributed by atoms with van der Waals surface area (Å²) in [5.41, 5.74) is 6.53. The molecule has 17 heavy (non-hydrogen) atoms. The van der Waals surface area contributed by atoms with Gasteiger partial charge in [-0.1, -0.05) is 12.1 Å². The highest BCUT2D eigenvalue weighted by Gasteiger charge is 2.28. The van der Waals surface area contributed by atoms with Crippen molar-refractivity contribution in [2.45, 2.75) is 19.3 Å². The quantitative estimate of drug-likeness (QED) is 0.816. The molecule has 0 bridgehead atoms. The monoisotopic (exact) mass is 249 g/mol. The molecule has 0 amide bonds. The van der Waals surface area contributed by atoms with E-state index in [4.69, 9.17) is 10.5 Å². The first kappa shape index (κ1) is 13.8. The Bertz CT molecular complexity index is 353. The molecule has 0 radical (unpaired) electrons. The van der Waals surface area contributed by atoms with Crippen LogP contribution in [-0.2, 0) is 4.74 Å². The fourth-order valence-corrected chi connectivity index (χ4v) is 1.20. The van der Waals surface area contributed by atoms with E-state index >= 15 is 0 Å². The van der Waals surface area contributed by atoms with E-state index in [0.29, 0.717) is 5.75 Å². The van der Waals surface area contributed by atoms with Gasteiger partial charge in [-0.2, -0.15) is 0 Å². The van der Waals surface area contributed by atoms with Crippen LogP contribution in [0.1, 0.15) is 18.5 Å². The van der Waals surface area contributed by atoms with Crippen LogP contribution in [0, 0.1) is 0 Å². The minimum Gasteiger partial charge on any atom is -0.491 e. The fraction of sp³-hybridized carbons (Fsp3) is 0.455. The minimum atomic E-state index is -4.61. The lowest BCUT2D eigenvalue weighted by Gasteiger charge is -2.11. The van der Waals surface area contributed by atoms with Crippen molar-refractivity contribution >= 4 is 0 Å². The second-order valence-corrected chi connectivity index (χ2v) is 3.50. The number of nitrogens with two attached hydrogens (primary N) is 1. The van der Waals surface area contributed by atoms with Crippen molar-refractivity contribution in [3.05, 3.63) is 29.8 Å². The second kappa shape index (κ2) is 5.88. The predicted molar refractivity (Wildman–Crippen MR) is 56.5 cm³/mol. The average Bonchev–Trinajstić information content (AvgIpc) is 2.23. The third-order valence-corrected chi connectivity index (χ3v) is 2.00. The van der Waals surface area contributed by atoms with Gasteiger partial charge in [0.15, 0.2) is 0 Å². The molecular formula is C11H14F3NO2. The highest BCUT2D eigenvalue weighted by atomic mass is 19.4. The molecule has 0 heterocycles. The molecule has 0 aliphatic carbocycles. The molecule has 1 rings (SSSR count). The van der Waals surface area contributed by atoms with Gasteiger partial charge in [0.2, 0.25) is 0 Å². The van der Waals surface area contributed by atoms with E-state index in [9.17, 15) is 13.2 Å². The van der Waals surface area contributed by atoms with Crippen molar-refractivity contribution in [1.82, 2.24) is 0 Å². The Morgan fingerprint density at radius 2 is 2.00 bits per heavy atom. The fourth-order valence-electron chi connectivity index (χ4n) is 1.20. The molecule has 96 valence electrons. The lowest BCUT2D eigenvalue weighted by molar-refractivity contribution is -0.325. The molecule has 0 spiro atoms. The van der Waals surface area contributed by atoms with Gasteiger partial charge in [0, 0.05) is 6.04 Å². The summed E-state index contributed by atoms with van der Waals surface area (Å²) >= 11 is 0. The molecule has 0 fully saturated rings. The topological polar surface area (TPSA) is 44.5 Å². The number of benzene rings is 1. The zero-order chi connectivity index (χ0) is 12.9. The van der Waals surface area contributed by atoms with Gasteiger partial charge in [0.25, 0.3) is 0 Å². The number of rotatable bonds is 5. The first-order chi connectivity index (χ1) is 7.88. The lowest BCUT2D eigenvalue weighted by atomic mass is 10.1. The van der Waals surface area contributed by atoms with Gasteiger partial charge in [-0.25, -0.2) is 0 Å². The van der Waals surface area contributed by atoms with Crippen LogP contribution in [-0.4, -0.2) is 19.6 Å². The standard InChI is InChI=1S/C11H14F3NO2/c1-8(15)9-3-2-4-10(7-9)16-5-6-17-11(12,13)14/h2-4,7-8H,5-6,15H2,1H3/t8-/m0/s1. The second-order valence-electron chi connectivity index (χ2n) is 3.50. The molecule has 1 aromatic rings. The third kappa shape index (κ3) is 5.55. The summed E-state index contributed by atoms with van der Waals surface area (Å²) in [6.07, 6.45) is -4.61. The van der Waals surface area contributed by atoms with Crippen LogP contribution in [0.3, 0.4) is 0 Å². The van der Waals surface area contributed by atoms with E-state index in [-0.39, 0.29) is 12.6 Å². The van der Waals surface area contributed by atoms with Gasteiger partial charge in [0.1, 0.15) is 12.4 Å². The highest BCUT2D eigenvalue weighted by molar-refractivity contribution is 5.30. The molecular weight excluding hydrogens is 235 g/mol. The highest BCUT2D eigenvalue weighted by Crippen LogP contribution is 2.18. The van der Waals surface area contributed by atoms with Gasteiger partial charge in [-0.05, 0) is 24.6 Å². The largest absolute Gasteiger partial charge is 0.522 e. The van der Waals surface area contributed by atoms with Crippen molar-refractivity contribution < 1.29 is 22.6 Å². The number of hydrogen-bond acceptors (Lipinski definition) is 3. The lowest BCUT2D eigenvalue weighted by Crippen LogP contribution is -2.18. The summed E-state index contributed by atoms with van der Waals surface area (Å²) in [5, 5.41) is 0. The summed E-state index contributed by atoms with van der Waals surface area (Å²) in [6.45, 7) is 1.11. The Labute approximate surface area is 97.3 Å². The molecule has 2 N–H and O–H groups in total. The summed E-state index contributed by atoms with van der Waals surface area (Å²) in [5.74, 6) is 0.477. The maximum absolute atomic E-state index is 11.7. The number of alkyl halides is 3.